The molecule has 0 N–H and O–H groups in total. The lowest BCUT2D eigenvalue weighted by molar-refractivity contribution is -0.238. The first-order valence-electron chi connectivity index (χ1n) is 7.23. The van der Waals surface area contributed by atoms with Crippen LogP contribution in [0.25, 0.3) is 0 Å². The molecule has 1 aromatic carbocycles. The van der Waals surface area contributed by atoms with Crippen molar-refractivity contribution in [2.24, 2.45) is 0 Å². The molecule has 1 saturated heterocycles. The molecule has 0 unspecified atom stereocenters. The molecule has 6 nitrogen and oxygen atoms in total. The van der Waals surface area contributed by atoms with E-state index in [1.54, 1.807) is 21.0 Å². The summed E-state index contributed by atoms with van der Waals surface area (Å²) >= 11 is 0. The van der Waals surface area contributed by atoms with Gasteiger partial charge in [0.05, 0.1) is 26.4 Å². The standard InChI is InChI=1S/C16H20O6/c1-4-20-14(17)16(15(18)21-5-2)10-13(22-16)11-7-6-8-12(9-11)19-3/h6-9,13H,4-5,10H2,1-3H3/t13-/m1/s1. The zero-order valence-corrected chi connectivity index (χ0v) is 13.0. The first-order chi connectivity index (χ1) is 10.6. The quantitative estimate of drug-likeness (QED) is 0.591. The summed E-state index contributed by atoms with van der Waals surface area (Å²) in [4.78, 5) is 24.2. The zero-order chi connectivity index (χ0) is 16.2. The molecule has 120 valence electrons. The molecule has 6 heteroatoms. The van der Waals surface area contributed by atoms with E-state index in [1.807, 2.05) is 24.3 Å². The smallest absolute Gasteiger partial charge is 0.350 e. The van der Waals surface area contributed by atoms with E-state index in [4.69, 9.17) is 18.9 Å². The van der Waals surface area contributed by atoms with Gasteiger partial charge < -0.3 is 18.9 Å². The highest BCUT2D eigenvalue weighted by Gasteiger charge is 2.60. The van der Waals surface area contributed by atoms with Crippen LogP contribution in [-0.2, 0) is 23.8 Å². The summed E-state index contributed by atoms with van der Waals surface area (Å²) in [5, 5.41) is 0. The van der Waals surface area contributed by atoms with Crippen molar-refractivity contribution >= 4 is 11.9 Å². The summed E-state index contributed by atoms with van der Waals surface area (Å²) in [5.74, 6) is -0.717. The Balaban J connectivity index is 2.16. The van der Waals surface area contributed by atoms with Crippen molar-refractivity contribution < 1.29 is 28.5 Å². The Kier molecular flexibility index (Phi) is 5.03. The number of hydrogen-bond donors (Lipinski definition) is 0. The maximum absolute atomic E-state index is 12.1. The number of benzene rings is 1. The molecule has 0 radical (unpaired) electrons. The Hall–Kier alpha value is -2.08. The van der Waals surface area contributed by atoms with Gasteiger partial charge in [0.2, 0.25) is 0 Å². The Bertz CT molecular complexity index is 527. The topological polar surface area (TPSA) is 71.1 Å². The number of esters is 2. The van der Waals surface area contributed by atoms with Gasteiger partial charge in [0.1, 0.15) is 5.75 Å². The second kappa shape index (κ2) is 6.79. The van der Waals surface area contributed by atoms with Gasteiger partial charge in [-0.2, -0.15) is 0 Å². The summed E-state index contributed by atoms with van der Waals surface area (Å²) in [6.07, 6.45) is -0.179. The maximum atomic E-state index is 12.1. The van der Waals surface area contributed by atoms with Crippen LogP contribution in [0.1, 0.15) is 31.9 Å². The highest BCUT2D eigenvalue weighted by atomic mass is 16.6. The molecule has 1 aromatic rings. The van der Waals surface area contributed by atoms with Crippen LogP contribution in [0.2, 0.25) is 0 Å². The molecule has 1 atom stereocenters. The average Bonchev–Trinajstić information content (AvgIpc) is 2.47. The van der Waals surface area contributed by atoms with E-state index < -0.39 is 17.5 Å². The normalized spacial score (nSPS) is 19.0. The van der Waals surface area contributed by atoms with Gasteiger partial charge in [-0.1, -0.05) is 12.1 Å². The molecule has 1 aliphatic heterocycles. The van der Waals surface area contributed by atoms with Gasteiger partial charge in [-0.05, 0) is 31.5 Å². The van der Waals surface area contributed by atoms with Crippen LogP contribution in [0.4, 0.5) is 0 Å². The SMILES string of the molecule is CCOC(=O)C1(C(=O)OCC)C[C@H](c2cccc(OC)c2)O1. The Labute approximate surface area is 129 Å². The number of methoxy groups -OCH3 is 1. The fourth-order valence-electron chi connectivity index (χ4n) is 2.36. The van der Waals surface area contributed by atoms with Crippen molar-refractivity contribution in [3.8, 4) is 5.75 Å². The Morgan fingerprint density at radius 1 is 1.23 bits per heavy atom. The van der Waals surface area contributed by atoms with Crippen molar-refractivity contribution in [2.45, 2.75) is 32.0 Å². The molecular formula is C16H20O6. The largest absolute Gasteiger partial charge is 0.497 e. The minimum atomic E-state index is -1.65. The Morgan fingerprint density at radius 2 is 1.82 bits per heavy atom. The van der Waals surface area contributed by atoms with Gasteiger partial charge >= 0.3 is 11.9 Å². The number of ether oxygens (including phenoxy) is 4. The number of carbonyl (C=O) groups excluding carboxylic acids is 2. The van der Waals surface area contributed by atoms with Gasteiger partial charge in [-0.25, -0.2) is 9.59 Å². The van der Waals surface area contributed by atoms with E-state index in [0.717, 1.165) is 5.56 Å². The first-order valence-corrected chi connectivity index (χ1v) is 7.23. The molecule has 0 amide bonds. The van der Waals surface area contributed by atoms with E-state index in [0.29, 0.717) is 5.75 Å². The Morgan fingerprint density at radius 3 is 2.32 bits per heavy atom. The average molecular weight is 308 g/mol. The predicted octanol–water partition coefficient (Wildman–Crippen LogP) is 2.02. The molecule has 1 aliphatic rings. The molecular weight excluding hydrogens is 288 g/mol. The molecule has 2 rings (SSSR count). The summed E-state index contributed by atoms with van der Waals surface area (Å²) < 4.78 is 20.7. The van der Waals surface area contributed by atoms with Crippen LogP contribution in [-0.4, -0.2) is 37.9 Å². The van der Waals surface area contributed by atoms with E-state index >= 15 is 0 Å². The molecule has 22 heavy (non-hydrogen) atoms. The fraction of sp³-hybridized carbons (Fsp3) is 0.500. The summed E-state index contributed by atoms with van der Waals surface area (Å²) in [6.45, 7) is 3.70. The van der Waals surface area contributed by atoms with Crippen molar-refractivity contribution in [3.05, 3.63) is 29.8 Å². The third kappa shape index (κ3) is 2.92. The van der Waals surface area contributed by atoms with Crippen molar-refractivity contribution in [1.29, 1.82) is 0 Å². The minimum absolute atomic E-state index is 0.174. The molecule has 0 aromatic heterocycles. The summed E-state index contributed by atoms with van der Waals surface area (Å²) in [7, 11) is 1.57. The van der Waals surface area contributed by atoms with Crippen LogP contribution in [0.5, 0.6) is 5.75 Å². The van der Waals surface area contributed by atoms with Crippen LogP contribution in [0.3, 0.4) is 0 Å². The fourth-order valence-corrected chi connectivity index (χ4v) is 2.36. The van der Waals surface area contributed by atoms with Gasteiger partial charge in [0, 0.05) is 6.42 Å². The lowest BCUT2D eigenvalue weighted by atomic mass is 9.85. The third-order valence-corrected chi connectivity index (χ3v) is 3.49. The highest BCUT2D eigenvalue weighted by molar-refractivity contribution is 6.04. The lowest BCUT2D eigenvalue weighted by Gasteiger charge is -2.43. The maximum Gasteiger partial charge on any atom is 0.350 e. The second-order valence-corrected chi connectivity index (χ2v) is 4.86. The third-order valence-electron chi connectivity index (χ3n) is 3.49. The number of rotatable bonds is 6. The number of carbonyl (C=O) groups is 2. The van der Waals surface area contributed by atoms with E-state index in [1.165, 1.54) is 0 Å². The van der Waals surface area contributed by atoms with Gasteiger partial charge in [-0.3, -0.25) is 0 Å². The first kappa shape index (κ1) is 16.3. The molecule has 0 saturated carbocycles. The van der Waals surface area contributed by atoms with Crippen molar-refractivity contribution in [1.82, 2.24) is 0 Å². The van der Waals surface area contributed by atoms with Crippen LogP contribution in [0, 0.1) is 0 Å². The molecule has 0 spiro atoms. The molecule has 1 heterocycles. The van der Waals surface area contributed by atoms with Gasteiger partial charge in [-0.15, -0.1) is 0 Å². The predicted molar refractivity (Wildman–Crippen MR) is 77.4 cm³/mol. The molecule has 0 aliphatic carbocycles. The lowest BCUT2D eigenvalue weighted by Crippen LogP contribution is -2.59. The zero-order valence-electron chi connectivity index (χ0n) is 13.0. The van der Waals surface area contributed by atoms with E-state index in [9.17, 15) is 9.59 Å². The van der Waals surface area contributed by atoms with Crippen LogP contribution >= 0.6 is 0 Å². The van der Waals surface area contributed by atoms with Crippen LogP contribution < -0.4 is 4.74 Å². The van der Waals surface area contributed by atoms with Gasteiger partial charge in [0.25, 0.3) is 5.60 Å². The summed E-state index contributed by atoms with van der Waals surface area (Å²) in [6, 6.07) is 7.30. The van der Waals surface area contributed by atoms with Gasteiger partial charge in [0.15, 0.2) is 0 Å². The van der Waals surface area contributed by atoms with E-state index in [2.05, 4.69) is 0 Å². The molecule has 1 fully saturated rings. The number of hydrogen-bond acceptors (Lipinski definition) is 6. The minimum Gasteiger partial charge on any atom is -0.497 e. The van der Waals surface area contributed by atoms with Crippen molar-refractivity contribution in [2.75, 3.05) is 20.3 Å². The molecule has 0 bridgehead atoms. The van der Waals surface area contributed by atoms with Crippen molar-refractivity contribution in [3.63, 3.8) is 0 Å². The highest BCUT2D eigenvalue weighted by Crippen LogP contribution is 2.45. The second-order valence-electron chi connectivity index (χ2n) is 4.86. The monoisotopic (exact) mass is 308 g/mol. The van der Waals surface area contributed by atoms with Crippen LogP contribution in [0.15, 0.2) is 24.3 Å². The van der Waals surface area contributed by atoms with E-state index in [-0.39, 0.29) is 25.7 Å². The summed E-state index contributed by atoms with van der Waals surface area (Å²) in [5.41, 5.74) is -0.816.